The van der Waals surface area contributed by atoms with Gasteiger partial charge in [0, 0.05) is 37.4 Å². The van der Waals surface area contributed by atoms with E-state index in [0.29, 0.717) is 66.6 Å². The van der Waals surface area contributed by atoms with Gasteiger partial charge in [0.25, 0.3) is 0 Å². The lowest BCUT2D eigenvalue weighted by atomic mass is 9.96. The van der Waals surface area contributed by atoms with Crippen LogP contribution in [0.2, 0.25) is 0 Å². The Bertz CT molecular complexity index is 2560. The number of anilines is 4. The van der Waals surface area contributed by atoms with Gasteiger partial charge in [0.1, 0.15) is 46.4 Å². The average molecular weight is 1200 g/mol. The zero-order chi connectivity index (χ0) is 61.8. The number of benzene rings is 2. The van der Waals surface area contributed by atoms with Crippen molar-refractivity contribution in [3.8, 4) is 0 Å². The van der Waals surface area contributed by atoms with Gasteiger partial charge in [0.15, 0.2) is 0 Å². The van der Waals surface area contributed by atoms with Crippen LogP contribution in [0.5, 0.6) is 0 Å². The highest BCUT2D eigenvalue weighted by Crippen LogP contribution is 2.32. The van der Waals surface area contributed by atoms with E-state index in [1.54, 1.807) is 71.9 Å². The molecule has 0 saturated carbocycles. The van der Waals surface area contributed by atoms with Crippen LogP contribution in [0.15, 0.2) is 36.4 Å². The van der Waals surface area contributed by atoms with Gasteiger partial charge in [-0.2, -0.15) is 0 Å². The van der Waals surface area contributed by atoms with Crippen molar-refractivity contribution < 1.29 is 57.4 Å². The Labute approximate surface area is 491 Å². The van der Waals surface area contributed by atoms with Crippen molar-refractivity contribution in [2.45, 2.75) is 195 Å². The molecule has 452 valence electrons. The van der Waals surface area contributed by atoms with E-state index in [2.05, 4.69) is 47.9 Å². The first-order chi connectivity index (χ1) is 37.4. The number of hydrogen-bond acceptors (Lipinski definition) is 13. The number of alkyl carbamates (subject to hydrolysis) is 2. The Balaban J connectivity index is 0.000000499. The summed E-state index contributed by atoms with van der Waals surface area (Å²) in [5.74, 6) is -2.15. The van der Waals surface area contributed by atoms with Crippen molar-refractivity contribution in [1.82, 2.24) is 31.9 Å². The number of hydrogen-bond donors (Lipinski definition) is 10. The van der Waals surface area contributed by atoms with Crippen LogP contribution < -0.4 is 53.6 Å². The topological polar surface area (TPSA) is 323 Å². The fourth-order valence-corrected chi connectivity index (χ4v) is 8.15. The van der Waals surface area contributed by atoms with Gasteiger partial charge in [0.2, 0.25) is 46.6 Å². The van der Waals surface area contributed by atoms with Crippen molar-refractivity contribution in [2.75, 3.05) is 33.4 Å². The first-order valence-corrected chi connectivity index (χ1v) is 28.3. The number of carbonyl (C=O) groups excluding carboxylic acids is 10. The van der Waals surface area contributed by atoms with Crippen molar-refractivity contribution in [2.24, 2.45) is 11.8 Å². The summed E-state index contributed by atoms with van der Waals surface area (Å²) >= 11 is 15.9. The number of para-hydroxylation sites is 2. The molecule has 2 aromatic rings. The highest BCUT2D eigenvalue weighted by Gasteiger charge is 2.39. The number of rotatable bonds is 21. The highest BCUT2D eigenvalue weighted by atomic mass is 35.5. The number of nitrogens with two attached hydrogens (primary N) is 1. The molecule has 0 bridgehead atoms. The molecule has 4 rings (SSSR count). The molecule has 0 radical (unpaired) electrons. The van der Waals surface area contributed by atoms with Gasteiger partial charge in [0.05, 0.1) is 22.7 Å². The SMILES string of the molecule is CC(C)C[C@@H](NC(=O)C(C)(C)NC(=O)OC(C)(C)C)C(=O)NC1Cc2cccc(N)c2NC1=O.CC(C)C[C@@H](NC(=O)C(C)(C)NC(=O)OC(C)(C)C)C(=O)NC1Cc2cccc(NC(=O)CCCCl)c2NC1=O.O=C(Cl)CCCCl. The lowest BCUT2D eigenvalue weighted by molar-refractivity contribution is -0.133. The fourth-order valence-electron chi connectivity index (χ4n) is 7.75. The number of halogens is 3. The molecule has 0 fully saturated rings. The molecule has 0 saturated heterocycles. The summed E-state index contributed by atoms with van der Waals surface area (Å²) in [6, 6.07) is 7.03. The Hall–Kier alpha value is -6.39. The van der Waals surface area contributed by atoms with E-state index in [0.717, 1.165) is 11.1 Å². The van der Waals surface area contributed by atoms with Crippen molar-refractivity contribution in [3.05, 3.63) is 47.5 Å². The highest BCUT2D eigenvalue weighted by molar-refractivity contribution is 6.63. The molecule has 25 heteroatoms. The lowest BCUT2D eigenvalue weighted by Gasteiger charge is -2.31. The van der Waals surface area contributed by atoms with Crippen molar-refractivity contribution in [3.63, 3.8) is 0 Å². The summed E-state index contributed by atoms with van der Waals surface area (Å²) in [6.07, 6.45) is 1.51. The predicted octanol–water partition coefficient (Wildman–Crippen LogP) is 7.31. The largest absolute Gasteiger partial charge is 0.444 e. The summed E-state index contributed by atoms with van der Waals surface area (Å²) in [6.45, 7) is 24.0. The molecule has 2 heterocycles. The first-order valence-electron chi connectivity index (χ1n) is 26.8. The third-order valence-electron chi connectivity index (χ3n) is 11.7. The maximum Gasteiger partial charge on any atom is 0.408 e. The third kappa shape index (κ3) is 25.5. The minimum Gasteiger partial charge on any atom is -0.444 e. The molecular formula is C56H85Cl3N10O12. The number of alkyl halides is 2. The molecule has 4 atom stereocenters. The first kappa shape index (κ1) is 70.7. The van der Waals surface area contributed by atoms with Crippen molar-refractivity contribution >= 4 is 116 Å². The van der Waals surface area contributed by atoms with E-state index in [9.17, 15) is 47.9 Å². The second-order valence-corrected chi connectivity index (χ2v) is 24.7. The smallest absolute Gasteiger partial charge is 0.408 e. The monoisotopic (exact) mass is 1190 g/mol. The van der Waals surface area contributed by atoms with E-state index in [-0.39, 0.29) is 48.2 Å². The van der Waals surface area contributed by atoms with Crippen LogP contribution in [0, 0.1) is 11.8 Å². The molecule has 11 N–H and O–H groups in total. The van der Waals surface area contributed by atoms with E-state index >= 15 is 0 Å². The number of carbonyl (C=O) groups is 10. The number of ether oxygens (including phenoxy) is 2. The van der Waals surface area contributed by atoms with Gasteiger partial charge in [-0.25, -0.2) is 9.59 Å². The van der Waals surface area contributed by atoms with E-state index in [1.165, 1.54) is 27.7 Å². The van der Waals surface area contributed by atoms with Crippen LogP contribution in [0.3, 0.4) is 0 Å². The Morgan fingerprint density at radius 1 is 0.617 bits per heavy atom. The second-order valence-electron chi connectivity index (χ2n) is 23.5. The zero-order valence-electron chi connectivity index (χ0n) is 49.1. The third-order valence-corrected chi connectivity index (χ3v) is 12.4. The van der Waals surface area contributed by atoms with Gasteiger partial charge < -0.3 is 63.1 Å². The van der Waals surface area contributed by atoms with Gasteiger partial charge in [-0.15, -0.1) is 23.2 Å². The molecule has 2 aromatic carbocycles. The Morgan fingerprint density at radius 3 is 1.40 bits per heavy atom. The van der Waals surface area contributed by atoms with E-state index in [4.69, 9.17) is 50.0 Å². The molecule has 2 unspecified atom stereocenters. The van der Waals surface area contributed by atoms with Crippen LogP contribution in [-0.4, -0.2) is 117 Å². The molecular weight excluding hydrogens is 1110 g/mol. The maximum absolute atomic E-state index is 13.3. The zero-order valence-corrected chi connectivity index (χ0v) is 51.4. The van der Waals surface area contributed by atoms with Crippen molar-refractivity contribution in [1.29, 1.82) is 0 Å². The normalized spacial score (nSPS) is 15.6. The number of amides is 9. The minimum atomic E-state index is -1.37. The Morgan fingerprint density at radius 2 is 1.01 bits per heavy atom. The summed E-state index contributed by atoms with van der Waals surface area (Å²) in [7, 11) is 0. The predicted molar refractivity (Wildman–Crippen MR) is 315 cm³/mol. The quantitative estimate of drug-likeness (QED) is 0.0333. The lowest BCUT2D eigenvalue weighted by Crippen LogP contribution is -2.61. The molecule has 81 heavy (non-hydrogen) atoms. The molecule has 2 aliphatic rings. The van der Waals surface area contributed by atoms with Gasteiger partial charge in [-0.05, 0) is 142 Å². The molecule has 0 aromatic heterocycles. The van der Waals surface area contributed by atoms with E-state index < -0.39 is 88.2 Å². The molecule has 0 aliphatic carbocycles. The van der Waals surface area contributed by atoms with Gasteiger partial charge in [-0.3, -0.25) is 38.4 Å². The molecule has 22 nitrogen and oxygen atoms in total. The Kier molecular flexibility index (Phi) is 27.7. The number of nitrogens with one attached hydrogen (secondary N) is 9. The second kappa shape index (κ2) is 31.7. The van der Waals surface area contributed by atoms with Gasteiger partial charge >= 0.3 is 12.2 Å². The fraction of sp³-hybridized carbons (Fsp3) is 0.607. The number of nitrogen functional groups attached to an aromatic ring is 1. The van der Waals surface area contributed by atoms with Crippen LogP contribution >= 0.6 is 34.8 Å². The van der Waals surface area contributed by atoms with Crippen LogP contribution in [-0.2, 0) is 60.7 Å². The summed E-state index contributed by atoms with van der Waals surface area (Å²) in [5.41, 5.74) is 5.29. The number of fused-ring (bicyclic) bond motifs is 2. The summed E-state index contributed by atoms with van der Waals surface area (Å²) in [4.78, 5) is 124. The average Bonchev–Trinajstić information content (AvgIpc) is 3.31. The molecule has 0 spiro atoms. The maximum atomic E-state index is 13.3. The van der Waals surface area contributed by atoms with Crippen LogP contribution in [0.25, 0.3) is 0 Å². The van der Waals surface area contributed by atoms with Gasteiger partial charge in [-0.1, -0.05) is 52.0 Å². The summed E-state index contributed by atoms with van der Waals surface area (Å²) in [5, 5.41) is 24.0. The molecule has 2 aliphatic heterocycles. The minimum absolute atomic E-state index is 0.0452. The molecule has 9 amide bonds. The summed E-state index contributed by atoms with van der Waals surface area (Å²) < 4.78 is 10.5. The standard InChI is InChI=1S/C28H42ClN5O6.C24H37N5O5.C4H6Cl2O/c1-16(2)14-19(32-25(38)28(6,7)34-26(39)40-27(3,4)5)23(36)31-20-15-17-10-8-11-18(22(17)33-24(20)37)30-21(35)12-9-13-29;1-13(2)11-16(27-21(32)24(6,7)29-22(33)34-23(3,4)5)19(30)26-17-12-14-9-8-10-15(25)18(14)28-20(17)31;5-3-1-2-4(6)7/h8,10-11,16,19-20H,9,12-15H2,1-7H3,(H,30,35)(H,31,36)(H,32,38)(H,33,37)(H,34,39);8-10,13,16-17H,11-12,25H2,1-7H3,(H,26,30)(H,27,32)(H,28,31)(H,29,33);1-3H2/t19-,20?;16-,17?;/m11./s1. The van der Waals surface area contributed by atoms with Crippen LogP contribution in [0.1, 0.15) is 147 Å². The van der Waals surface area contributed by atoms with Crippen LogP contribution in [0.4, 0.5) is 32.3 Å². The van der Waals surface area contributed by atoms with E-state index in [1.807, 2.05) is 33.8 Å².